The molecule has 2 heterocycles. The Labute approximate surface area is 191 Å². The molecule has 0 saturated carbocycles. The summed E-state index contributed by atoms with van der Waals surface area (Å²) in [6.07, 6.45) is 3.68. The molecule has 4 rings (SSSR count). The Bertz CT molecular complexity index is 1010. The average molecular weight is 456 g/mol. The summed E-state index contributed by atoms with van der Waals surface area (Å²) in [5.74, 6) is -0.132. The molecule has 2 aromatic carbocycles. The average Bonchev–Trinajstić information content (AvgIpc) is 3.32. The lowest BCUT2D eigenvalue weighted by molar-refractivity contribution is -0.126. The van der Waals surface area contributed by atoms with Crippen molar-refractivity contribution in [1.82, 2.24) is 14.5 Å². The van der Waals surface area contributed by atoms with Crippen molar-refractivity contribution in [2.45, 2.75) is 50.6 Å². The van der Waals surface area contributed by atoms with Crippen LogP contribution in [0, 0.1) is 12.8 Å². The van der Waals surface area contributed by atoms with Crippen LogP contribution < -0.4 is 5.32 Å². The number of carbonyl (C=O) groups excluding carboxylic acids is 1. The van der Waals surface area contributed by atoms with E-state index in [2.05, 4.69) is 34.5 Å². The molecular formula is C25H33N3O3S. The van der Waals surface area contributed by atoms with Crippen LogP contribution >= 0.6 is 0 Å². The molecule has 0 aromatic heterocycles. The number of rotatable bonds is 7. The van der Waals surface area contributed by atoms with Gasteiger partial charge in [0.2, 0.25) is 15.9 Å². The van der Waals surface area contributed by atoms with E-state index < -0.39 is 10.0 Å². The van der Waals surface area contributed by atoms with Crippen molar-refractivity contribution in [2.24, 2.45) is 5.92 Å². The standard InChI is InChI=1S/C25H33N3O3S/c1-20-4-10-24(11-5-20)32(30,31)28-16-12-23(13-17-28)25(29)26-18-21-6-8-22(9-7-21)19-27-14-2-3-15-27/h4-11,23H,2-3,12-19H2,1H3,(H,26,29). The van der Waals surface area contributed by atoms with E-state index in [4.69, 9.17) is 0 Å². The topological polar surface area (TPSA) is 69.7 Å². The molecule has 0 atom stereocenters. The minimum absolute atomic E-state index is 0.0125. The number of hydrogen-bond donors (Lipinski definition) is 1. The van der Waals surface area contributed by atoms with Gasteiger partial charge in [-0.1, -0.05) is 42.0 Å². The first kappa shape index (κ1) is 23.0. The van der Waals surface area contributed by atoms with Crippen molar-refractivity contribution in [2.75, 3.05) is 26.2 Å². The quantitative estimate of drug-likeness (QED) is 0.696. The SMILES string of the molecule is Cc1ccc(S(=O)(=O)N2CCC(C(=O)NCc3ccc(CN4CCCC4)cc3)CC2)cc1. The van der Waals surface area contributed by atoms with Gasteiger partial charge in [-0.2, -0.15) is 4.31 Å². The Balaban J connectivity index is 1.24. The van der Waals surface area contributed by atoms with Gasteiger partial charge in [0.15, 0.2) is 0 Å². The molecule has 2 aliphatic heterocycles. The first-order valence-electron chi connectivity index (χ1n) is 11.6. The number of hydrogen-bond acceptors (Lipinski definition) is 4. The molecular weight excluding hydrogens is 422 g/mol. The highest BCUT2D eigenvalue weighted by atomic mass is 32.2. The molecule has 172 valence electrons. The van der Waals surface area contributed by atoms with Crippen LogP contribution in [0.5, 0.6) is 0 Å². The lowest BCUT2D eigenvalue weighted by Gasteiger charge is -2.30. The summed E-state index contributed by atoms with van der Waals surface area (Å²) in [6, 6.07) is 15.4. The van der Waals surface area contributed by atoms with E-state index in [-0.39, 0.29) is 11.8 Å². The van der Waals surface area contributed by atoms with Crippen LogP contribution in [-0.4, -0.2) is 49.7 Å². The third kappa shape index (κ3) is 5.57. The van der Waals surface area contributed by atoms with E-state index in [0.717, 1.165) is 17.7 Å². The predicted octanol–water partition coefficient (Wildman–Crippen LogP) is 3.31. The molecule has 0 spiro atoms. The molecule has 2 fully saturated rings. The number of amides is 1. The Morgan fingerprint density at radius 2 is 1.50 bits per heavy atom. The molecule has 32 heavy (non-hydrogen) atoms. The van der Waals surface area contributed by atoms with Gasteiger partial charge >= 0.3 is 0 Å². The van der Waals surface area contributed by atoms with Crippen LogP contribution in [0.15, 0.2) is 53.4 Å². The third-order valence-corrected chi connectivity index (χ3v) is 8.49. The minimum Gasteiger partial charge on any atom is -0.352 e. The van der Waals surface area contributed by atoms with E-state index >= 15 is 0 Å². The van der Waals surface area contributed by atoms with Crippen molar-refractivity contribution >= 4 is 15.9 Å². The highest BCUT2D eigenvalue weighted by Gasteiger charge is 2.31. The maximum atomic E-state index is 12.8. The van der Waals surface area contributed by atoms with Crippen LogP contribution in [0.2, 0.25) is 0 Å². The first-order valence-corrected chi connectivity index (χ1v) is 13.0. The van der Waals surface area contributed by atoms with Crippen LogP contribution in [-0.2, 0) is 27.9 Å². The Morgan fingerprint density at radius 3 is 2.12 bits per heavy atom. The van der Waals surface area contributed by atoms with Gasteiger partial charge < -0.3 is 5.32 Å². The monoisotopic (exact) mass is 455 g/mol. The van der Waals surface area contributed by atoms with Gasteiger partial charge in [-0.05, 0) is 69.0 Å². The lowest BCUT2D eigenvalue weighted by atomic mass is 9.97. The second kappa shape index (κ2) is 10.1. The number of nitrogens with one attached hydrogen (secondary N) is 1. The summed E-state index contributed by atoms with van der Waals surface area (Å²) < 4.78 is 27.2. The van der Waals surface area contributed by atoms with Gasteiger partial charge in [0.05, 0.1) is 4.90 Å². The third-order valence-electron chi connectivity index (χ3n) is 6.58. The summed E-state index contributed by atoms with van der Waals surface area (Å²) in [4.78, 5) is 15.4. The van der Waals surface area contributed by atoms with Gasteiger partial charge in [-0.3, -0.25) is 9.69 Å². The number of nitrogens with zero attached hydrogens (tertiary/aromatic N) is 2. The van der Waals surface area contributed by atoms with E-state index in [1.54, 1.807) is 12.1 Å². The largest absolute Gasteiger partial charge is 0.352 e. The molecule has 6 nitrogen and oxygen atoms in total. The van der Waals surface area contributed by atoms with Crippen molar-refractivity contribution in [3.63, 3.8) is 0 Å². The Hall–Kier alpha value is -2.22. The van der Waals surface area contributed by atoms with Crippen LogP contribution in [0.25, 0.3) is 0 Å². The molecule has 1 N–H and O–H groups in total. The molecule has 0 aliphatic carbocycles. The maximum Gasteiger partial charge on any atom is 0.243 e. The number of piperidine rings is 1. The fourth-order valence-electron chi connectivity index (χ4n) is 4.51. The smallest absolute Gasteiger partial charge is 0.243 e. The summed E-state index contributed by atoms with van der Waals surface area (Å²) in [6.45, 7) is 6.55. The normalized spacial score (nSPS) is 18.7. The van der Waals surface area contributed by atoms with Crippen LogP contribution in [0.1, 0.15) is 42.4 Å². The summed E-state index contributed by atoms with van der Waals surface area (Å²) in [5.41, 5.74) is 3.42. The number of sulfonamides is 1. The fourth-order valence-corrected chi connectivity index (χ4v) is 5.98. The summed E-state index contributed by atoms with van der Waals surface area (Å²) in [5, 5.41) is 3.04. The Kier molecular flexibility index (Phi) is 7.28. The van der Waals surface area contributed by atoms with Crippen molar-refractivity contribution in [3.05, 3.63) is 65.2 Å². The number of carbonyl (C=O) groups is 1. The van der Waals surface area contributed by atoms with Crippen LogP contribution in [0.4, 0.5) is 0 Å². The summed E-state index contributed by atoms with van der Waals surface area (Å²) in [7, 11) is -3.50. The molecule has 2 aliphatic rings. The van der Waals surface area contributed by atoms with Crippen molar-refractivity contribution in [3.8, 4) is 0 Å². The molecule has 2 saturated heterocycles. The zero-order valence-electron chi connectivity index (χ0n) is 18.8. The minimum atomic E-state index is -3.50. The molecule has 2 aromatic rings. The van der Waals surface area contributed by atoms with E-state index in [1.807, 2.05) is 19.1 Å². The molecule has 7 heteroatoms. The highest BCUT2D eigenvalue weighted by molar-refractivity contribution is 7.89. The number of benzene rings is 2. The van der Waals surface area contributed by atoms with E-state index in [1.165, 1.54) is 35.8 Å². The number of likely N-dealkylation sites (tertiary alicyclic amines) is 1. The second-order valence-corrected chi connectivity index (χ2v) is 10.9. The fraction of sp³-hybridized carbons (Fsp3) is 0.480. The molecule has 0 radical (unpaired) electrons. The lowest BCUT2D eigenvalue weighted by Crippen LogP contribution is -2.42. The Morgan fingerprint density at radius 1 is 0.906 bits per heavy atom. The van der Waals surface area contributed by atoms with Crippen molar-refractivity contribution < 1.29 is 13.2 Å². The second-order valence-electron chi connectivity index (χ2n) is 9.01. The van der Waals surface area contributed by atoms with E-state index in [0.29, 0.717) is 37.4 Å². The molecule has 1 amide bonds. The molecule has 0 bridgehead atoms. The van der Waals surface area contributed by atoms with Gasteiger partial charge in [0, 0.05) is 32.1 Å². The van der Waals surface area contributed by atoms with Gasteiger partial charge in [-0.25, -0.2) is 8.42 Å². The van der Waals surface area contributed by atoms with Crippen LogP contribution in [0.3, 0.4) is 0 Å². The zero-order chi connectivity index (χ0) is 22.6. The van der Waals surface area contributed by atoms with Gasteiger partial charge in [-0.15, -0.1) is 0 Å². The van der Waals surface area contributed by atoms with Gasteiger partial charge in [0.25, 0.3) is 0 Å². The highest BCUT2D eigenvalue weighted by Crippen LogP contribution is 2.24. The molecule has 0 unspecified atom stereocenters. The summed E-state index contributed by atoms with van der Waals surface area (Å²) >= 11 is 0. The first-order chi connectivity index (χ1) is 15.4. The maximum absolute atomic E-state index is 12.8. The predicted molar refractivity (Wildman–Crippen MR) is 125 cm³/mol. The zero-order valence-corrected chi connectivity index (χ0v) is 19.6. The van der Waals surface area contributed by atoms with E-state index in [9.17, 15) is 13.2 Å². The van der Waals surface area contributed by atoms with Crippen molar-refractivity contribution in [1.29, 1.82) is 0 Å². The number of aryl methyl sites for hydroxylation is 1. The van der Waals surface area contributed by atoms with Gasteiger partial charge in [0.1, 0.15) is 0 Å².